The van der Waals surface area contributed by atoms with Crippen LogP contribution in [0, 0.1) is 0 Å². The predicted octanol–water partition coefficient (Wildman–Crippen LogP) is 0.593. The van der Waals surface area contributed by atoms with E-state index in [0.717, 1.165) is 17.9 Å². The van der Waals surface area contributed by atoms with Crippen LogP contribution in [-0.2, 0) is 4.79 Å². The Hall–Kier alpha value is -1.71. The maximum atomic E-state index is 11.5. The van der Waals surface area contributed by atoms with Gasteiger partial charge in [-0.2, -0.15) is 0 Å². The summed E-state index contributed by atoms with van der Waals surface area (Å²) in [5, 5.41) is 2.83. The SMILES string of the molecule is CC1C(=O)NCCN1c1ccccc1N. The molecular weight excluding hydrogens is 190 g/mol. The number of nitrogen functional groups attached to an aromatic ring is 1. The van der Waals surface area contributed by atoms with Gasteiger partial charge in [-0.3, -0.25) is 4.79 Å². The quantitative estimate of drug-likeness (QED) is 0.660. The number of hydrogen-bond donors (Lipinski definition) is 2. The van der Waals surface area contributed by atoms with Crippen molar-refractivity contribution in [2.75, 3.05) is 23.7 Å². The molecule has 0 aromatic heterocycles. The summed E-state index contributed by atoms with van der Waals surface area (Å²) >= 11 is 0. The molecule has 1 aliphatic rings. The monoisotopic (exact) mass is 205 g/mol. The summed E-state index contributed by atoms with van der Waals surface area (Å²) in [5.41, 5.74) is 7.55. The average molecular weight is 205 g/mol. The lowest BCUT2D eigenvalue weighted by molar-refractivity contribution is -0.122. The van der Waals surface area contributed by atoms with E-state index in [9.17, 15) is 4.79 Å². The third kappa shape index (κ3) is 1.75. The number of nitrogens with two attached hydrogens (primary N) is 1. The van der Waals surface area contributed by atoms with Crippen LogP contribution < -0.4 is 16.0 Å². The molecule has 1 unspecified atom stereocenters. The van der Waals surface area contributed by atoms with Gasteiger partial charge in [-0.1, -0.05) is 12.1 Å². The first-order valence-electron chi connectivity index (χ1n) is 5.09. The molecule has 4 nitrogen and oxygen atoms in total. The van der Waals surface area contributed by atoms with Crippen LogP contribution in [0.4, 0.5) is 11.4 Å². The first-order valence-corrected chi connectivity index (χ1v) is 5.09. The smallest absolute Gasteiger partial charge is 0.242 e. The molecule has 1 heterocycles. The zero-order valence-electron chi connectivity index (χ0n) is 8.73. The number of benzene rings is 1. The van der Waals surface area contributed by atoms with Gasteiger partial charge < -0.3 is 16.0 Å². The van der Waals surface area contributed by atoms with Crippen LogP contribution in [0.25, 0.3) is 0 Å². The van der Waals surface area contributed by atoms with E-state index >= 15 is 0 Å². The summed E-state index contributed by atoms with van der Waals surface area (Å²) < 4.78 is 0. The number of amides is 1. The Morgan fingerprint density at radius 1 is 1.47 bits per heavy atom. The summed E-state index contributed by atoms with van der Waals surface area (Å²) in [5.74, 6) is 0.0597. The second kappa shape index (κ2) is 3.81. The van der Waals surface area contributed by atoms with Crippen molar-refractivity contribution >= 4 is 17.3 Å². The highest BCUT2D eigenvalue weighted by Crippen LogP contribution is 2.25. The summed E-state index contributed by atoms with van der Waals surface area (Å²) in [4.78, 5) is 13.5. The van der Waals surface area contributed by atoms with Gasteiger partial charge in [0.05, 0.1) is 11.4 Å². The van der Waals surface area contributed by atoms with Gasteiger partial charge in [0.2, 0.25) is 5.91 Å². The van der Waals surface area contributed by atoms with Crippen molar-refractivity contribution in [2.24, 2.45) is 0 Å². The number of nitrogens with zero attached hydrogens (tertiary/aromatic N) is 1. The molecular formula is C11H15N3O. The zero-order valence-corrected chi connectivity index (χ0v) is 8.73. The van der Waals surface area contributed by atoms with Gasteiger partial charge in [0.1, 0.15) is 6.04 Å². The van der Waals surface area contributed by atoms with Gasteiger partial charge in [0.25, 0.3) is 0 Å². The third-order valence-electron chi connectivity index (χ3n) is 2.75. The van der Waals surface area contributed by atoms with Crippen molar-refractivity contribution in [1.82, 2.24) is 5.32 Å². The van der Waals surface area contributed by atoms with Crippen molar-refractivity contribution in [1.29, 1.82) is 0 Å². The van der Waals surface area contributed by atoms with Crippen LogP contribution in [0.5, 0.6) is 0 Å². The van der Waals surface area contributed by atoms with E-state index in [4.69, 9.17) is 5.73 Å². The van der Waals surface area contributed by atoms with Crippen LogP contribution in [0.3, 0.4) is 0 Å². The lowest BCUT2D eigenvalue weighted by Crippen LogP contribution is -2.54. The fourth-order valence-electron chi connectivity index (χ4n) is 1.86. The van der Waals surface area contributed by atoms with Gasteiger partial charge >= 0.3 is 0 Å². The molecule has 1 saturated heterocycles. The molecule has 1 aromatic rings. The zero-order chi connectivity index (χ0) is 10.8. The highest BCUT2D eigenvalue weighted by atomic mass is 16.2. The van der Waals surface area contributed by atoms with E-state index in [0.29, 0.717) is 6.54 Å². The molecule has 3 N–H and O–H groups in total. The van der Waals surface area contributed by atoms with Crippen LogP contribution in [-0.4, -0.2) is 25.0 Å². The highest BCUT2D eigenvalue weighted by molar-refractivity contribution is 5.87. The van der Waals surface area contributed by atoms with Gasteiger partial charge in [-0.15, -0.1) is 0 Å². The minimum absolute atomic E-state index is 0.0597. The Bertz CT molecular complexity index is 378. The summed E-state index contributed by atoms with van der Waals surface area (Å²) in [6.45, 7) is 3.37. The van der Waals surface area contributed by atoms with Gasteiger partial charge in [-0.05, 0) is 19.1 Å². The number of rotatable bonds is 1. The Kier molecular flexibility index (Phi) is 2.49. The fraction of sp³-hybridized carbons (Fsp3) is 0.364. The van der Waals surface area contributed by atoms with Crippen LogP contribution in [0.1, 0.15) is 6.92 Å². The first-order chi connectivity index (χ1) is 7.20. The molecule has 1 atom stereocenters. The van der Waals surface area contributed by atoms with Gasteiger partial charge in [-0.25, -0.2) is 0 Å². The molecule has 0 spiro atoms. The Morgan fingerprint density at radius 2 is 2.20 bits per heavy atom. The number of hydrogen-bond acceptors (Lipinski definition) is 3. The van der Waals surface area contributed by atoms with E-state index in [1.165, 1.54) is 0 Å². The van der Waals surface area contributed by atoms with Crippen molar-refractivity contribution in [3.8, 4) is 0 Å². The number of carbonyl (C=O) groups excluding carboxylic acids is 1. The Morgan fingerprint density at radius 3 is 2.93 bits per heavy atom. The topological polar surface area (TPSA) is 58.4 Å². The Labute approximate surface area is 89.1 Å². The fourth-order valence-corrected chi connectivity index (χ4v) is 1.86. The van der Waals surface area contributed by atoms with Gasteiger partial charge in [0, 0.05) is 13.1 Å². The van der Waals surface area contributed by atoms with Gasteiger partial charge in [0.15, 0.2) is 0 Å². The van der Waals surface area contributed by atoms with Crippen molar-refractivity contribution < 1.29 is 4.79 Å². The summed E-state index contributed by atoms with van der Waals surface area (Å²) in [6.07, 6.45) is 0. The molecule has 2 rings (SSSR count). The summed E-state index contributed by atoms with van der Waals surface area (Å²) in [6, 6.07) is 7.49. The number of carbonyl (C=O) groups is 1. The second-order valence-corrected chi connectivity index (χ2v) is 3.72. The maximum Gasteiger partial charge on any atom is 0.242 e. The van der Waals surface area contributed by atoms with Crippen molar-refractivity contribution in [3.63, 3.8) is 0 Å². The molecule has 15 heavy (non-hydrogen) atoms. The van der Waals surface area contributed by atoms with Crippen LogP contribution in [0.2, 0.25) is 0 Å². The van der Waals surface area contributed by atoms with Crippen molar-refractivity contribution in [3.05, 3.63) is 24.3 Å². The van der Waals surface area contributed by atoms with E-state index in [2.05, 4.69) is 5.32 Å². The summed E-state index contributed by atoms with van der Waals surface area (Å²) in [7, 11) is 0. The molecule has 80 valence electrons. The molecule has 4 heteroatoms. The molecule has 1 amide bonds. The molecule has 1 fully saturated rings. The largest absolute Gasteiger partial charge is 0.397 e. The average Bonchev–Trinajstić information content (AvgIpc) is 2.23. The highest BCUT2D eigenvalue weighted by Gasteiger charge is 2.26. The molecule has 0 bridgehead atoms. The Balaban J connectivity index is 2.30. The lowest BCUT2D eigenvalue weighted by Gasteiger charge is -2.35. The molecule has 0 radical (unpaired) electrons. The molecule has 1 aliphatic heterocycles. The second-order valence-electron chi connectivity index (χ2n) is 3.72. The normalized spacial score (nSPS) is 21.3. The number of para-hydroxylation sites is 2. The predicted molar refractivity (Wildman–Crippen MR) is 60.7 cm³/mol. The van der Waals surface area contributed by atoms with Crippen molar-refractivity contribution in [2.45, 2.75) is 13.0 Å². The minimum atomic E-state index is -0.150. The number of nitrogens with one attached hydrogen (secondary N) is 1. The maximum absolute atomic E-state index is 11.5. The minimum Gasteiger partial charge on any atom is -0.397 e. The number of anilines is 2. The van der Waals surface area contributed by atoms with E-state index in [1.54, 1.807) is 0 Å². The van der Waals surface area contributed by atoms with E-state index in [-0.39, 0.29) is 11.9 Å². The molecule has 0 saturated carbocycles. The third-order valence-corrected chi connectivity index (χ3v) is 2.75. The van der Waals surface area contributed by atoms with E-state index in [1.807, 2.05) is 36.1 Å². The van der Waals surface area contributed by atoms with E-state index < -0.39 is 0 Å². The van der Waals surface area contributed by atoms with Crippen LogP contribution in [0.15, 0.2) is 24.3 Å². The first kappa shape index (κ1) is 9.83. The lowest BCUT2D eigenvalue weighted by atomic mass is 10.1. The molecule has 0 aliphatic carbocycles. The number of piperazine rings is 1. The standard InChI is InChI=1S/C11H15N3O/c1-8-11(15)13-6-7-14(8)10-5-3-2-4-9(10)12/h2-5,8H,6-7,12H2,1H3,(H,13,15). The van der Waals surface area contributed by atoms with Crippen LogP contribution >= 0.6 is 0 Å². The molecule has 1 aromatic carbocycles.